The van der Waals surface area contributed by atoms with Crippen LogP contribution in [0, 0.1) is 18.3 Å². The van der Waals surface area contributed by atoms with Gasteiger partial charge in [0, 0.05) is 32.9 Å². The third kappa shape index (κ3) is 4.02. The monoisotopic (exact) mass is 385 g/mol. The van der Waals surface area contributed by atoms with Crippen molar-refractivity contribution in [1.29, 1.82) is 5.26 Å². The summed E-state index contributed by atoms with van der Waals surface area (Å²) in [5.41, 5.74) is 4.03. The number of rotatable bonds is 4. The zero-order chi connectivity index (χ0) is 17.8. The molecular formula is C19H13Cl2N3S. The molecule has 2 aromatic carbocycles. The first-order chi connectivity index (χ1) is 12.1. The van der Waals surface area contributed by atoms with Gasteiger partial charge in [0.05, 0.1) is 5.69 Å². The van der Waals surface area contributed by atoms with Crippen molar-refractivity contribution in [3.63, 3.8) is 0 Å². The predicted octanol–water partition coefficient (Wildman–Crippen LogP) is 6.40. The molecule has 6 heteroatoms. The van der Waals surface area contributed by atoms with E-state index in [0.29, 0.717) is 20.6 Å². The SMILES string of the molecule is Cc1c(Cl)cccc1N/C=C(\C#N)c1nc(-c2ccc(Cl)cc2)cs1. The Morgan fingerprint density at radius 1 is 1.20 bits per heavy atom. The minimum Gasteiger partial charge on any atom is -0.360 e. The average molecular weight is 386 g/mol. The second kappa shape index (κ2) is 7.71. The van der Waals surface area contributed by atoms with E-state index < -0.39 is 0 Å². The van der Waals surface area contributed by atoms with E-state index in [1.54, 1.807) is 6.20 Å². The topological polar surface area (TPSA) is 48.7 Å². The third-order valence-electron chi connectivity index (χ3n) is 3.63. The van der Waals surface area contributed by atoms with Crippen LogP contribution in [0.15, 0.2) is 54.0 Å². The van der Waals surface area contributed by atoms with Crippen LogP contribution in [0.3, 0.4) is 0 Å². The molecule has 0 unspecified atom stereocenters. The molecule has 1 heterocycles. The lowest BCUT2D eigenvalue weighted by Crippen LogP contribution is -1.94. The van der Waals surface area contributed by atoms with Gasteiger partial charge in [0.15, 0.2) is 0 Å². The van der Waals surface area contributed by atoms with Gasteiger partial charge in [-0.25, -0.2) is 4.98 Å². The first-order valence-corrected chi connectivity index (χ1v) is 9.06. The highest BCUT2D eigenvalue weighted by Crippen LogP contribution is 2.28. The van der Waals surface area contributed by atoms with Crippen LogP contribution >= 0.6 is 34.5 Å². The number of halogens is 2. The number of hydrogen-bond donors (Lipinski definition) is 1. The normalized spacial score (nSPS) is 11.2. The molecule has 1 N–H and O–H groups in total. The minimum atomic E-state index is 0.463. The summed E-state index contributed by atoms with van der Waals surface area (Å²) in [6.07, 6.45) is 1.66. The molecule has 3 nitrogen and oxygen atoms in total. The van der Waals surface area contributed by atoms with Gasteiger partial charge in [0.2, 0.25) is 0 Å². The van der Waals surface area contributed by atoms with Crippen LogP contribution in [0.4, 0.5) is 5.69 Å². The largest absolute Gasteiger partial charge is 0.360 e. The van der Waals surface area contributed by atoms with Crippen molar-refractivity contribution in [3.8, 4) is 17.3 Å². The van der Waals surface area contributed by atoms with Crippen LogP contribution < -0.4 is 5.32 Å². The quantitative estimate of drug-likeness (QED) is 0.528. The third-order valence-corrected chi connectivity index (χ3v) is 5.17. The fraction of sp³-hybridized carbons (Fsp3) is 0.0526. The fourth-order valence-electron chi connectivity index (χ4n) is 2.21. The van der Waals surface area contributed by atoms with E-state index >= 15 is 0 Å². The maximum Gasteiger partial charge on any atom is 0.136 e. The Hall–Kier alpha value is -2.32. The Balaban J connectivity index is 1.85. The lowest BCUT2D eigenvalue weighted by atomic mass is 10.2. The number of nitrogens with one attached hydrogen (secondary N) is 1. The number of benzene rings is 2. The summed E-state index contributed by atoms with van der Waals surface area (Å²) in [4.78, 5) is 4.55. The molecule has 0 aliphatic rings. The van der Waals surface area contributed by atoms with Crippen molar-refractivity contribution < 1.29 is 0 Å². The summed E-state index contributed by atoms with van der Waals surface area (Å²) in [6.45, 7) is 1.92. The molecular weight excluding hydrogens is 373 g/mol. The van der Waals surface area contributed by atoms with Crippen LogP contribution in [0.5, 0.6) is 0 Å². The smallest absolute Gasteiger partial charge is 0.136 e. The Kier molecular flexibility index (Phi) is 5.40. The molecule has 0 atom stereocenters. The zero-order valence-electron chi connectivity index (χ0n) is 13.3. The van der Waals surface area contributed by atoms with E-state index in [2.05, 4.69) is 16.4 Å². The summed E-state index contributed by atoms with van der Waals surface area (Å²) in [5, 5.41) is 16.5. The van der Waals surface area contributed by atoms with Crippen molar-refractivity contribution in [3.05, 3.63) is 74.7 Å². The summed E-state index contributed by atoms with van der Waals surface area (Å²) >= 11 is 13.5. The molecule has 0 spiro atoms. The molecule has 0 radical (unpaired) electrons. The Labute approximate surface area is 160 Å². The molecule has 1 aromatic heterocycles. The molecule has 0 saturated heterocycles. The van der Waals surface area contributed by atoms with Crippen molar-refractivity contribution in [2.24, 2.45) is 0 Å². The van der Waals surface area contributed by atoms with Crippen LogP contribution in [-0.2, 0) is 0 Å². The Morgan fingerprint density at radius 3 is 2.68 bits per heavy atom. The number of thiazole rings is 1. The van der Waals surface area contributed by atoms with Gasteiger partial charge in [-0.05, 0) is 36.8 Å². The van der Waals surface area contributed by atoms with Crippen LogP contribution in [0.1, 0.15) is 10.6 Å². The molecule has 3 rings (SSSR count). The maximum atomic E-state index is 9.46. The number of aromatic nitrogens is 1. The lowest BCUT2D eigenvalue weighted by molar-refractivity contribution is 1.36. The highest BCUT2D eigenvalue weighted by molar-refractivity contribution is 7.11. The van der Waals surface area contributed by atoms with Gasteiger partial charge in [-0.15, -0.1) is 11.3 Å². The molecule has 0 amide bonds. The number of nitriles is 1. The number of hydrogen-bond acceptors (Lipinski definition) is 4. The highest BCUT2D eigenvalue weighted by Gasteiger charge is 2.09. The Bertz CT molecular complexity index is 969. The van der Waals surface area contributed by atoms with Crippen molar-refractivity contribution in [2.75, 3.05) is 5.32 Å². The number of allylic oxidation sites excluding steroid dienone is 1. The van der Waals surface area contributed by atoms with E-state index in [-0.39, 0.29) is 0 Å². The summed E-state index contributed by atoms with van der Waals surface area (Å²) in [6, 6.07) is 15.2. The first-order valence-electron chi connectivity index (χ1n) is 7.42. The van der Waals surface area contributed by atoms with Crippen LogP contribution in [0.25, 0.3) is 16.8 Å². The van der Waals surface area contributed by atoms with E-state index in [1.165, 1.54) is 11.3 Å². The fourth-order valence-corrected chi connectivity index (χ4v) is 3.30. The van der Waals surface area contributed by atoms with Crippen molar-refractivity contribution in [2.45, 2.75) is 6.92 Å². The molecule has 0 fully saturated rings. The van der Waals surface area contributed by atoms with E-state index in [9.17, 15) is 5.26 Å². The Morgan fingerprint density at radius 2 is 1.96 bits per heavy atom. The van der Waals surface area contributed by atoms with Crippen molar-refractivity contribution in [1.82, 2.24) is 4.98 Å². The van der Waals surface area contributed by atoms with Gasteiger partial charge < -0.3 is 5.32 Å². The van der Waals surface area contributed by atoms with E-state index in [1.807, 2.05) is 54.8 Å². The molecule has 124 valence electrons. The molecule has 3 aromatic rings. The van der Waals surface area contributed by atoms with E-state index in [4.69, 9.17) is 23.2 Å². The van der Waals surface area contributed by atoms with Gasteiger partial charge in [0.1, 0.15) is 16.6 Å². The standard InChI is InChI=1S/C19H13Cl2N3S/c1-12-16(21)3-2-4-17(12)23-10-14(9-22)19-24-18(11-25-19)13-5-7-15(20)8-6-13/h2-8,10-11,23H,1H3/b14-10+. The van der Waals surface area contributed by atoms with Gasteiger partial charge in [-0.3, -0.25) is 0 Å². The summed E-state index contributed by atoms with van der Waals surface area (Å²) in [5.74, 6) is 0. The maximum absolute atomic E-state index is 9.46. The first kappa shape index (κ1) is 17.5. The van der Waals surface area contributed by atoms with Gasteiger partial charge >= 0.3 is 0 Å². The van der Waals surface area contributed by atoms with Gasteiger partial charge in [-0.1, -0.05) is 41.4 Å². The summed E-state index contributed by atoms with van der Waals surface area (Å²) in [7, 11) is 0. The molecule has 25 heavy (non-hydrogen) atoms. The number of anilines is 1. The van der Waals surface area contributed by atoms with Gasteiger partial charge in [0.25, 0.3) is 0 Å². The minimum absolute atomic E-state index is 0.463. The second-order valence-electron chi connectivity index (χ2n) is 5.27. The second-order valence-corrected chi connectivity index (χ2v) is 6.97. The average Bonchev–Trinajstić information content (AvgIpc) is 3.09. The van der Waals surface area contributed by atoms with Crippen LogP contribution in [-0.4, -0.2) is 4.98 Å². The predicted molar refractivity (Wildman–Crippen MR) is 106 cm³/mol. The molecule has 0 aliphatic carbocycles. The molecule has 0 aliphatic heterocycles. The van der Waals surface area contributed by atoms with E-state index in [0.717, 1.165) is 22.5 Å². The van der Waals surface area contributed by atoms with Gasteiger partial charge in [-0.2, -0.15) is 5.26 Å². The molecule has 0 bridgehead atoms. The van der Waals surface area contributed by atoms with Crippen LogP contribution in [0.2, 0.25) is 10.0 Å². The van der Waals surface area contributed by atoms with Crippen molar-refractivity contribution >= 4 is 45.8 Å². The number of nitrogens with zero attached hydrogens (tertiary/aromatic N) is 2. The summed E-state index contributed by atoms with van der Waals surface area (Å²) < 4.78 is 0. The lowest BCUT2D eigenvalue weighted by Gasteiger charge is -2.07. The molecule has 0 saturated carbocycles. The highest BCUT2D eigenvalue weighted by atomic mass is 35.5. The zero-order valence-corrected chi connectivity index (χ0v) is 15.6.